The van der Waals surface area contributed by atoms with E-state index in [1.54, 1.807) is 12.1 Å². The summed E-state index contributed by atoms with van der Waals surface area (Å²) in [4.78, 5) is 42.3. The van der Waals surface area contributed by atoms with Crippen LogP contribution in [0.15, 0.2) is 24.3 Å². The van der Waals surface area contributed by atoms with Crippen molar-refractivity contribution in [2.24, 2.45) is 5.73 Å². The van der Waals surface area contributed by atoms with E-state index in [0.717, 1.165) is 29.7 Å². The van der Waals surface area contributed by atoms with Crippen LogP contribution in [0.25, 0.3) is 0 Å². The third kappa shape index (κ3) is 5.40. The van der Waals surface area contributed by atoms with Crippen LogP contribution in [0.1, 0.15) is 34.1 Å². The van der Waals surface area contributed by atoms with Gasteiger partial charge in [0.2, 0.25) is 11.8 Å². The summed E-state index contributed by atoms with van der Waals surface area (Å²) in [5.41, 5.74) is 7.46. The lowest BCUT2D eigenvalue weighted by Crippen LogP contribution is -2.53. The second-order valence-corrected chi connectivity index (χ2v) is 9.57. The molecule has 1 aromatic heterocycles. The van der Waals surface area contributed by atoms with E-state index in [4.69, 9.17) is 5.73 Å². The van der Waals surface area contributed by atoms with Crippen LogP contribution >= 0.6 is 11.3 Å². The molecule has 4 N–H and O–H groups in total. The number of nitrogens with zero attached hydrogens (tertiary/aromatic N) is 2. The standard InChI is InChI=1S/C23H28FN5O3S/c1-14(22(32)27-23-20(21(25)31)17-6-3-7-18(17)33-23)29-10-8-28(9-11-29)13-19(30)26-16-5-2-4-15(24)12-16/h2,4-5,12,14H,3,6-11,13H2,1H3,(H2,25,31)(H,26,30)(H,27,32)/t14-/m0/s1. The van der Waals surface area contributed by atoms with Crippen LogP contribution in [0, 0.1) is 5.82 Å². The minimum atomic E-state index is -0.498. The molecule has 1 aliphatic carbocycles. The Bertz CT molecular complexity index is 1060. The van der Waals surface area contributed by atoms with E-state index in [2.05, 4.69) is 15.5 Å². The number of thiophene rings is 1. The molecule has 1 saturated heterocycles. The second kappa shape index (κ2) is 9.98. The SMILES string of the molecule is C[C@@H](C(=O)Nc1sc2c(c1C(N)=O)CCC2)N1CCN(CC(=O)Nc2cccc(F)c2)CC1. The first-order chi connectivity index (χ1) is 15.8. The molecule has 1 aliphatic heterocycles. The van der Waals surface area contributed by atoms with Crippen LogP contribution in [-0.2, 0) is 22.4 Å². The Balaban J connectivity index is 1.28. The number of carbonyl (C=O) groups is 3. The van der Waals surface area contributed by atoms with Crippen molar-refractivity contribution in [2.75, 3.05) is 43.4 Å². The Kier molecular flexibility index (Phi) is 7.06. The number of primary amides is 1. The summed E-state index contributed by atoms with van der Waals surface area (Å²) in [6.45, 7) is 4.57. The zero-order valence-electron chi connectivity index (χ0n) is 18.5. The van der Waals surface area contributed by atoms with Crippen molar-refractivity contribution in [1.82, 2.24) is 9.80 Å². The normalized spacial score (nSPS) is 17.4. The fraction of sp³-hybridized carbons (Fsp3) is 0.435. The number of piperazine rings is 1. The number of rotatable bonds is 7. The molecular formula is C23H28FN5O3S. The van der Waals surface area contributed by atoms with Gasteiger partial charge in [0.05, 0.1) is 18.2 Å². The number of carbonyl (C=O) groups excluding carboxylic acids is 3. The van der Waals surface area contributed by atoms with E-state index in [1.807, 2.05) is 11.8 Å². The topological polar surface area (TPSA) is 108 Å². The fourth-order valence-corrected chi connectivity index (χ4v) is 5.71. The number of aryl methyl sites for hydroxylation is 1. The Morgan fingerprint density at radius 1 is 1.15 bits per heavy atom. The number of amides is 3. The Hall–Kier alpha value is -2.82. The molecule has 1 atom stereocenters. The highest BCUT2D eigenvalue weighted by Crippen LogP contribution is 2.38. The Morgan fingerprint density at radius 3 is 2.61 bits per heavy atom. The van der Waals surface area contributed by atoms with Gasteiger partial charge in [0.25, 0.3) is 5.91 Å². The van der Waals surface area contributed by atoms with Gasteiger partial charge in [0.15, 0.2) is 0 Å². The molecule has 0 saturated carbocycles. The summed E-state index contributed by atoms with van der Waals surface area (Å²) in [5.74, 6) is -1.27. The minimum Gasteiger partial charge on any atom is -0.365 e. The zero-order chi connectivity index (χ0) is 23.5. The molecule has 0 radical (unpaired) electrons. The lowest BCUT2D eigenvalue weighted by atomic mass is 10.1. The average Bonchev–Trinajstić information content (AvgIpc) is 3.34. The summed E-state index contributed by atoms with van der Waals surface area (Å²) in [7, 11) is 0. The third-order valence-corrected chi connectivity index (χ3v) is 7.42. The van der Waals surface area contributed by atoms with Gasteiger partial charge in [-0.1, -0.05) is 6.07 Å². The van der Waals surface area contributed by atoms with Crippen LogP contribution < -0.4 is 16.4 Å². The van der Waals surface area contributed by atoms with Gasteiger partial charge in [0.1, 0.15) is 10.8 Å². The van der Waals surface area contributed by atoms with Crippen molar-refractivity contribution in [3.05, 3.63) is 46.1 Å². The molecule has 2 aromatic rings. The fourth-order valence-electron chi connectivity index (χ4n) is 4.41. The van der Waals surface area contributed by atoms with E-state index in [1.165, 1.54) is 23.5 Å². The predicted molar refractivity (Wildman–Crippen MR) is 126 cm³/mol. The maximum atomic E-state index is 13.3. The molecule has 176 valence electrons. The van der Waals surface area contributed by atoms with Gasteiger partial charge < -0.3 is 16.4 Å². The highest BCUT2D eigenvalue weighted by Gasteiger charge is 2.30. The number of hydrogen-bond donors (Lipinski definition) is 3. The van der Waals surface area contributed by atoms with E-state index < -0.39 is 11.7 Å². The van der Waals surface area contributed by atoms with E-state index in [9.17, 15) is 18.8 Å². The lowest BCUT2D eigenvalue weighted by Gasteiger charge is -2.37. The summed E-state index contributed by atoms with van der Waals surface area (Å²) < 4.78 is 13.3. The van der Waals surface area contributed by atoms with Crippen LogP contribution in [-0.4, -0.2) is 66.3 Å². The maximum Gasteiger partial charge on any atom is 0.251 e. The lowest BCUT2D eigenvalue weighted by molar-refractivity contribution is -0.122. The Morgan fingerprint density at radius 2 is 1.91 bits per heavy atom. The first-order valence-electron chi connectivity index (χ1n) is 11.1. The first-order valence-corrected chi connectivity index (χ1v) is 11.9. The number of fused-ring (bicyclic) bond motifs is 1. The first kappa shape index (κ1) is 23.3. The molecule has 10 heteroatoms. The van der Waals surface area contributed by atoms with Crippen molar-refractivity contribution in [2.45, 2.75) is 32.2 Å². The van der Waals surface area contributed by atoms with Crippen LogP contribution in [0.3, 0.4) is 0 Å². The van der Waals surface area contributed by atoms with Crippen LogP contribution in [0.5, 0.6) is 0 Å². The summed E-state index contributed by atoms with van der Waals surface area (Å²) >= 11 is 1.45. The zero-order valence-corrected chi connectivity index (χ0v) is 19.3. The smallest absolute Gasteiger partial charge is 0.251 e. The number of nitrogens with two attached hydrogens (primary N) is 1. The number of hydrogen-bond acceptors (Lipinski definition) is 6. The van der Waals surface area contributed by atoms with Crippen molar-refractivity contribution < 1.29 is 18.8 Å². The predicted octanol–water partition coefficient (Wildman–Crippen LogP) is 2.06. The quantitative estimate of drug-likeness (QED) is 0.571. The monoisotopic (exact) mass is 473 g/mol. The molecule has 0 bridgehead atoms. The number of anilines is 2. The molecule has 1 fully saturated rings. The molecule has 0 spiro atoms. The second-order valence-electron chi connectivity index (χ2n) is 8.46. The summed E-state index contributed by atoms with van der Waals surface area (Å²) in [6, 6.07) is 5.41. The maximum absolute atomic E-state index is 13.3. The molecule has 4 rings (SSSR count). The van der Waals surface area contributed by atoms with Gasteiger partial charge in [0, 0.05) is 36.7 Å². The van der Waals surface area contributed by atoms with E-state index in [-0.39, 0.29) is 24.4 Å². The summed E-state index contributed by atoms with van der Waals surface area (Å²) in [5, 5.41) is 6.18. The molecule has 2 aliphatic rings. The number of nitrogens with one attached hydrogen (secondary N) is 2. The van der Waals surface area contributed by atoms with Crippen molar-refractivity contribution in [1.29, 1.82) is 0 Å². The molecule has 1 aromatic carbocycles. The van der Waals surface area contributed by atoms with Crippen LogP contribution in [0.2, 0.25) is 0 Å². The molecule has 0 unspecified atom stereocenters. The average molecular weight is 474 g/mol. The Labute approximate surface area is 195 Å². The van der Waals surface area contributed by atoms with Gasteiger partial charge in [-0.15, -0.1) is 11.3 Å². The number of halogens is 1. The van der Waals surface area contributed by atoms with Crippen molar-refractivity contribution in [3.8, 4) is 0 Å². The molecular weight excluding hydrogens is 445 g/mol. The van der Waals surface area contributed by atoms with Crippen LogP contribution in [0.4, 0.5) is 15.1 Å². The van der Waals surface area contributed by atoms with Gasteiger partial charge in [-0.3, -0.25) is 24.2 Å². The largest absolute Gasteiger partial charge is 0.365 e. The highest BCUT2D eigenvalue weighted by atomic mass is 32.1. The minimum absolute atomic E-state index is 0.172. The highest BCUT2D eigenvalue weighted by molar-refractivity contribution is 7.17. The van der Waals surface area contributed by atoms with E-state index >= 15 is 0 Å². The molecule has 2 heterocycles. The molecule has 8 nitrogen and oxygen atoms in total. The summed E-state index contributed by atoms with van der Waals surface area (Å²) in [6.07, 6.45) is 2.75. The third-order valence-electron chi connectivity index (χ3n) is 6.21. The molecule has 33 heavy (non-hydrogen) atoms. The van der Waals surface area contributed by atoms with E-state index in [0.29, 0.717) is 42.4 Å². The van der Waals surface area contributed by atoms with Crippen molar-refractivity contribution in [3.63, 3.8) is 0 Å². The van der Waals surface area contributed by atoms with Gasteiger partial charge in [-0.05, 0) is 49.9 Å². The van der Waals surface area contributed by atoms with Gasteiger partial charge in [-0.25, -0.2) is 4.39 Å². The van der Waals surface area contributed by atoms with Crippen molar-refractivity contribution >= 4 is 39.7 Å². The van der Waals surface area contributed by atoms with Gasteiger partial charge >= 0.3 is 0 Å². The van der Waals surface area contributed by atoms with Gasteiger partial charge in [-0.2, -0.15) is 0 Å². The molecule has 3 amide bonds. The number of benzene rings is 1.